The number of benzene rings is 1. The minimum absolute atomic E-state index is 0.164. The Labute approximate surface area is 135 Å². The van der Waals surface area contributed by atoms with Crippen molar-refractivity contribution in [1.29, 1.82) is 0 Å². The van der Waals surface area contributed by atoms with Crippen molar-refractivity contribution in [3.8, 4) is 0 Å². The highest BCUT2D eigenvalue weighted by Crippen LogP contribution is 2.24. The van der Waals surface area contributed by atoms with E-state index in [-0.39, 0.29) is 11.0 Å². The van der Waals surface area contributed by atoms with E-state index in [9.17, 15) is 0 Å². The van der Waals surface area contributed by atoms with Crippen LogP contribution < -0.4 is 5.32 Å². The molecule has 3 heteroatoms. The van der Waals surface area contributed by atoms with Crippen LogP contribution in [0.3, 0.4) is 0 Å². The Hall–Kier alpha value is -0.570. The van der Waals surface area contributed by atoms with Gasteiger partial charge in [-0.1, -0.05) is 43.6 Å². The fourth-order valence-electron chi connectivity index (χ4n) is 2.40. The van der Waals surface area contributed by atoms with E-state index in [1.54, 1.807) is 0 Å². The summed E-state index contributed by atoms with van der Waals surface area (Å²) in [5, 5.41) is 4.50. The van der Waals surface area contributed by atoms with E-state index >= 15 is 0 Å². The Balaban J connectivity index is 2.61. The Kier molecular flexibility index (Phi) is 6.71. The van der Waals surface area contributed by atoms with Gasteiger partial charge in [0, 0.05) is 30.2 Å². The third-order valence-corrected chi connectivity index (χ3v) is 4.32. The number of hydrogen-bond donors (Lipinski definition) is 1. The van der Waals surface area contributed by atoms with Gasteiger partial charge >= 0.3 is 0 Å². The topological polar surface area (TPSA) is 15.3 Å². The molecule has 0 radical (unpaired) electrons. The van der Waals surface area contributed by atoms with Gasteiger partial charge < -0.3 is 10.2 Å². The molecule has 0 aromatic heterocycles. The first kappa shape index (κ1) is 18.5. The van der Waals surface area contributed by atoms with Crippen molar-refractivity contribution in [1.82, 2.24) is 10.2 Å². The molecule has 1 N–H and O–H groups in total. The van der Waals surface area contributed by atoms with Crippen LogP contribution in [0.25, 0.3) is 0 Å². The molecule has 0 spiro atoms. The summed E-state index contributed by atoms with van der Waals surface area (Å²) < 4.78 is 0. The zero-order valence-corrected chi connectivity index (χ0v) is 15.2. The van der Waals surface area contributed by atoms with E-state index in [2.05, 4.69) is 64.0 Å². The molecule has 1 rings (SSSR count). The van der Waals surface area contributed by atoms with E-state index in [0.717, 1.165) is 31.1 Å². The lowest BCUT2D eigenvalue weighted by Crippen LogP contribution is -2.46. The summed E-state index contributed by atoms with van der Waals surface area (Å²) in [6.45, 7) is 14.3. The van der Waals surface area contributed by atoms with Crippen molar-refractivity contribution in [2.75, 3.05) is 20.1 Å². The molecule has 0 fully saturated rings. The normalized spacial score (nSPS) is 15.2. The van der Waals surface area contributed by atoms with Crippen LogP contribution >= 0.6 is 11.6 Å². The first-order valence-corrected chi connectivity index (χ1v) is 8.20. The predicted octanol–water partition coefficient (Wildman–Crippen LogP) is 4.58. The molecule has 21 heavy (non-hydrogen) atoms. The second-order valence-corrected chi connectivity index (χ2v) is 7.94. The van der Waals surface area contributed by atoms with Crippen molar-refractivity contribution < 1.29 is 0 Å². The second kappa shape index (κ2) is 7.62. The zero-order chi connectivity index (χ0) is 16.1. The van der Waals surface area contributed by atoms with Crippen LogP contribution in [0.2, 0.25) is 5.02 Å². The average Bonchev–Trinajstić information content (AvgIpc) is 2.38. The van der Waals surface area contributed by atoms with Gasteiger partial charge in [-0.3, -0.25) is 0 Å². The summed E-state index contributed by atoms with van der Waals surface area (Å²) >= 11 is 6.26. The van der Waals surface area contributed by atoms with Gasteiger partial charge in [0.15, 0.2) is 0 Å². The summed E-state index contributed by atoms with van der Waals surface area (Å²) in [6, 6.07) is 8.10. The quantitative estimate of drug-likeness (QED) is 0.793. The Morgan fingerprint density at radius 3 is 2.29 bits per heavy atom. The van der Waals surface area contributed by atoms with E-state index in [1.807, 2.05) is 12.1 Å². The molecule has 0 amide bonds. The minimum Gasteiger partial charge on any atom is -0.311 e. The smallest absolute Gasteiger partial charge is 0.0451 e. The molecule has 0 saturated heterocycles. The number of rotatable bonds is 7. The summed E-state index contributed by atoms with van der Waals surface area (Å²) in [7, 11) is 2.17. The van der Waals surface area contributed by atoms with Crippen molar-refractivity contribution in [3.63, 3.8) is 0 Å². The number of halogens is 1. The number of hydrogen-bond acceptors (Lipinski definition) is 2. The van der Waals surface area contributed by atoms with Crippen LogP contribution in [-0.4, -0.2) is 30.6 Å². The van der Waals surface area contributed by atoms with Crippen LogP contribution in [0.5, 0.6) is 0 Å². The molecule has 0 aliphatic carbocycles. The van der Waals surface area contributed by atoms with Gasteiger partial charge in [0.1, 0.15) is 0 Å². The maximum absolute atomic E-state index is 6.26. The lowest BCUT2D eigenvalue weighted by molar-refractivity contribution is 0.164. The molecule has 0 heterocycles. The lowest BCUT2D eigenvalue weighted by Gasteiger charge is -2.36. The van der Waals surface area contributed by atoms with Gasteiger partial charge in [-0.05, 0) is 51.3 Å². The molecule has 1 aromatic carbocycles. The Morgan fingerprint density at radius 1 is 1.14 bits per heavy atom. The molecular formula is C18H31ClN2. The molecular weight excluding hydrogens is 280 g/mol. The van der Waals surface area contributed by atoms with Crippen LogP contribution in [0, 0.1) is 5.41 Å². The van der Waals surface area contributed by atoms with Gasteiger partial charge in [-0.15, -0.1) is 0 Å². The Morgan fingerprint density at radius 2 is 1.76 bits per heavy atom. The highest BCUT2D eigenvalue weighted by molar-refractivity contribution is 6.31. The SMILES string of the molecule is CCC(C)(CNC(C)(C)C)CN(C)Cc1ccccc1Cl. The van der Waals surface area contributed by atoms with Gasteiger partial charge in [0.2, 0.25) is 0 Å². The van der Waals surface area contributed by atoms with E-state index in [0.29, 0.717) is 0 Å². The van der Waals surface area contributed by atoms with Crippen molar-refractivity contribution in [2.24, 2.45) is 5.41 Å². The van der Waals surface area contributed by atoms with E-state index in [1.165, 1.54) is 5.56 Å². The highest BCUT2D eigenvalue weighted by Gasteiger charge is 2.26. The molecule has 2 nitrogen and oxygen atoms in total. The largest absolute Gasteiger partial charge is 0.311 e. The molecule has 1 atom stereocenters. The Bertz CT molecular complexity index is 439. The predicted molar refractivity (Wildman–Crippen MR) is 93.9 cm³/mol. The molecule has 0 bridgehead atoms. The van der Waals surface area contributed by atoms with E-state index < -0.39 is 0 Å². The van der Waals surface area contributed by atoms with Crippen LogP contribution in [0.4, 0.5) is 0 Å². The summed E-state index contributed by atoms with van der Waals surface area (Å²) in [5.41, 5.74) is 1.63. The number of nitrogens with one attached hydrogen (secondary N) is 1. The fraction of sp³-hybridized carbons (Fsp3) is 0.667. The highest BCUT2D eigenvalue weighted by atomic mass is 35.5. The minimum atomic E-state index is 0.164. The molecule has 0 aliphatic heterocycles. The fourth-order valence-corrected chi connectivity index (χ4v) is 2.59. The maximum atomic E-state index is 6.26. The zero-order valence-electron chi connectivity index (χ0n) is 14.5. The van der Waals surface area contributed by atoms with Crippen LogP contribution in [0.15, 0.2) is 24.3 Å². The van der Waals surface area contributed by atoms with Crippen molar-refractivity contribution in [3.05, 3.63) is 34.9 Å². The summed E-state index contributed by atoms with van der Waals surface area (Å²) in [5.74, 6) is 0. The van der Waals surface area contributed by atoms with Gasteiger partial charge in [-0.2, -0.15) is 0 Å². The standard InChI is InChI=1S/C18H31ClN2/c1-7-18(5,13-20-17(2,3)4)14-21(6)12-15-10-8-9-11-16(15)19/h8-11,20H,7,12-14H2,1-6H3. The third kappa shape index (κ3) is 6.82. The average molecular weight is 311 g/mol. The van der Waals surface area contributed by atoms with Gasteiger partial charge in [0.25, 0.3) is 0 Å². The van der Waals surface area contributed by atoms with E-state index in [4.69, 9.17) is 11.6 Å². The van der Waals surface area contributed by atoms with Crippen LogP contribution in [-0.2, 0) is 6.54 Å². The summed E-state index contributed by atoms with van der Waals surface area (Å²) in [6.07, 6.45) is 1.16. The molecule has 120 valence electrons. The van der Waals surface area contributed by atoms with Gasteiger partial charge in [-0.25, -0.2) is 0 Å². The monoisotopic (exact) mass is 310 g/mol. The third-order valence-electron chi connectivity index (χ3n) is 3.95. The summed E-state index contributed by atoms with van der Waals surface area (Å²) in [4.78, 5) is 2.37. The molecule has 0 aliphatic rings. The first-order valence-electron chi connectivity index (χ1n) is 7.82. The molecule has 1 aromatic rings. The molecule has 1 unspecified atom stereocenters. The second-order valence-electron chi connectivity index (χ2n) is 7.53. The maximum Gasteiger partial charge on any atom is 0.0451 e. The van der Waals surface area contributed by atoms with Gasteiger partial charge in [0.05, 0.1) is 0 Å². The number of nitrogens with zero attached hydrogens (tertiary/aromatic N) is 1. The first-order chi connectivity index (χ1) is 9.65. The van der Waals surface area contributed by atoms with Crippen LogP contribution in [0.1, 0.15) is 46.6 Å². The van der Waals surface area contributed by atoms with Crippen molar-refractivity contribution in [2.45, 2.75) is 53.1 Å². The lowest BCUT2D eigenvalue weighted by atomic mass is 9.86. The van der Waals surface area contributed by atoms with Crippen molar-refractivity contribution >= 4 is 11.6 Å². The molecule has 0 saturated carbocycles.